The van der Waals surface area contributed by atoms with Gasteiger partial charge in [-0.15, -0.1) is 0 Å². The molecular weight excluding hydrogens is 462 g/mol. The topological polar surface area (TPSA) is 64.9 Å². The summed E-state index contributed by atoms with van der Waals surface area (Å²) in [5.74, 6) is 0.767. The highest BCUT2D eigenvalue weighted by Crippen LogP contribution is 2.35. The number of hydrogen-bond donors (Lipinski definition) is 1. The van der Waals surface area contributed by atoms with Crippen molar-refractivity contribution in [1.82, 2.24) is 19.7 Å². The number of ether oxygens (including phenoxy) is 1. The monoisotopic (exact) mass is 497 g/mol. The molecule has 0 radical (unpaired) electrons. The molecule has 2 heterocycles. The van der Waals surface area contributed by atoms with Crippen LogP contribution in [0.1, 0.15) is 31.4 Å². The van der Waals surface area contributed by atoms with E-state index < -0.39 is 8.07 Å². The minimum Gasteiger partial charge on any atom is -0.360 e. The van der Waals surface area contributed by atoms with Crippen molar-refractivity contribution < 1.29 is 4.74 Å². The molecule has 1 aliphatic rings. The summed E-state index contributed by atoms with van der Waals surface area (Å²) in [5.41, 5.74) is 6.97. The Labute approximate surface area is 214 Å². The van der Waals surface area contributed by atoms with Crippen molar-refractivity contribution in [2.75, 3.05) is 11.9 Å². The number of fused-ring (bicyclic) bond motifs is 1. The summed E-state index contributed by atoms with van der Waals surface area (Å²) in [7, 11) is -1.09. The smallest absolute Gasteiger partial charge is 0.152 e. The van der Waals surface area contributed by atoms with Crippen LogP contribution in [0.25, 0.3) is 27.9 Å². The normalized spacial score (nSPS) is 14.1. The van der Waals surface area contributed by atoms with Gasteiger partial charge in [0.25, 0.3) is 0 Å². The van der Waals surface area contributed by atoms with Gasteiger partial charge in [0.2, 0.25) is 0 Å². The number of rotatable bonds is 9. The molecule has 0 fully saturated rings. The van der Waals surface area contributed by atoms with Crippen molar-refractivity contribution in [2.45, 2.75) is 58.1 Å². The van der Waals surface area contributed by atoms with Crippen LogP contribution in [0.3, 0.4) is 0 Å². The van der Waals surface area contributed by atoms with E-state index in [1.54, 1.807) is 0 Å². The maximum absolute atomic E-state index is 5.85. The molecule has 7 heteroatoms. The first-order valence-corrected chi connectivity index (χ1v) is 16.6. The van der Waals surface area contributed by atoms with Gasteiger partial charge in [-0.2, -0.15) is 5.10 Å². The summed E-state index contributed by atoms with van der Waals surface area (Å²) in [5, 5.41) is 8.12. The molecule has 0 atom stereocenters. The molecule has 6 nitrogen and oxygen atoms in total. The number of para-hydroxylation sites is 1. The number of anilines is 2. The lowest BCUT2D eigenvalue weighted by atomic mass is 9.94. The number of nitrogens with one attached hydrogen (secondary N) is 1. The Morgan fingerprint density at radius 2 is 1.81 bits per heavy atom. The van der Waals surface area contributed by atoms with E-state index in [0.717, 1.165) is 65.0 Å². The minimum absolute atomic E-state index is 0.459. The molecule has 0 saturated carbocycles. The third kappa shape index (κ3) is 5.91. The van der Waals surface area contributed by atoms with Crippen LogP contribution in [0.15, 0.2) is 66.9 Å². The van der Waals surface area contributed by atoms with Crippen LogP contribution in [-0.4, -0.2) is 34.4 Å². The van der Waals surface area contributed by atoms with E-state index in [-0.39, 0.29) is 0 Å². The maximum Gasteiger partial charge on any atom is 0.152 e. The standard InChI is InChI=1S/C29H35N5OSi/c1-36(2,3)20-19-35-21-34-18-17-26(33-34)30-24-15-10-16-25-29(24)32-28(23-13-8-5-9-14-23)27(31-25)22-11-6-4-7-12-22/h4,6-7,10-13,15-18H,5,8-9,14,19-21H2,1-3H3,(H,30,33). The molecule has 1 N–H and O–H groups in total. The third-order valence-electron chi connectivity index (χ3n) is 6.46. The fourth-order valence-corrected chi connectivity index (χ4v) is 5.18. The van der Waals surface area contributed by atoms with Gasteiger partial charge >= 0.3 is 0 Å². The van der Waals surface area contributed by atoms with Gasteiger partial charge in [-0.3, -0.25) is 0 Å². The average Bonchev–Trinajstić information content (AvgIpc) is 3.34. The first-order valence-electron chi connectivity index (χ1n) is 12.9. The minimum atomic E-state index is -1.09. The Morgan fingerprint density at radius 1 is 0.944 bits per heavy atom. The molecule has 2 aromatic carbocycles. The van der Waals surface area contributed by atoms with Gasteiger partial charge in [0, 0.05) is 32.5 Å². The molecule has 0 bridgehead atoms. The van der Waals surface area contributed by atoms with Crippen molar-refractivity contribution in [3.05, 3.63) is 72.6 Å². The van der Waals surface area contributed by atoms with Crippen molar-refractivity contribution in [3.63, 3.8) is 0 Å². The molecule has 0 amide bonds. The second-order valence-corrected chi connectivity index (χ2v) is 16.3. The number of benzene rings is 2. The predicted molar refractivity (Wildman–Crippen MR) is 151 cm³/mol. The molecule has 186 valence electrons. The van der Waals surface area contributed by atoms with Crippen LogP contribution in [-0.2, 0) is 11.5 Å². The SMILES string of the molecule is C[Si](C)(C)CCOCn1ccc(Nc2cccc3nc(-c4ccccc4)c(C4=CCCCC4)nc23)n1. The lowest BCUT2D eigenvalue weighted by molar-refractivity contribution is 0.0788. The summed E-state index contributed by atoms with van der Waals surface area (Å²) < 4.78 is 7.67. The van der Waals surface area contributed by atoms with Crippen LogP contribution in [0.5, 0.6) is 0 Å². The van der Waals surface area contributed by atoms with Crippen LogP contribution in [0.4, 0.5) is 11.5 Å². The van der Waals surface area contributed by atoms with Gasteiger partial charge in [-0.25, -0.2) is 14.6 Å². The Kier molecular flexibility index (Phi) is 7.30. The number of aromatic nitrogens is 4. The quantitative estimate of drug-likeness (QED) is 0.191. The van der Waals surface area contributed by atoms with E-state index in [4.69, 9.17) is 14.7 Å². The first kappa shape index (κ1) is 24.4. The molecule has 5 rings (SSSR count). The van der Waals surface area contributed by atoms with Gasteiger partial charge in [0.05, 0.1) is 22.6 Å². The van der Waals surface area contributed by atoms with Crippen molar-refractivity contribution in [1.29, 1.82) is 0 Å². The van der Waals surface area contributed by atoms with Gasteiger partial charge in [0.15, 0.2) is 5.82 Å². The van der Waals surface area contributed by atoms with E-state index in [9.17, 15) is 0 Å². The maximum atomic E-state index is 5.85. The van der Waals surface area contributed by atoms with Crippen molar-refractivity contribution >= 4 is 36.2 Å². The highest BCUT2D eigenvalue weighted by molar-refractivity contribution is 6.76. The summed E-state index contributed by atoms with van der Waals surface area (Å²) in [4.78, 5) is 10.3. The summed E-state index contributed by atoms with van der Waals surface area (Å²) in [6, 6.07) is 19.6. The average molecular weight is 498 g/mol. The van der Waals surface area contributed by atoms with Gasteiger partial charge < -0.3 is 10.1 Å². The fraction of sp³-hybridized carbons (Fsp3) is 0.345. The van der Waals surface area contributed by atoms with Crippen molar-refractivity contribution in [3.8, 4) is 11.3 Å². The molecule has 2 aromatic heterocycles. The molecule has 36 heavy (non-hydrogen) atoms. The van der Waals surface area contributed by atoms with Crippen LogP contribution >= 0.6 is 0 Å². The van der Waals surface area contributed by atoms with E-state index >= 15 is 0 Å². The Balaban J connectivity index is 1.43. The number of hydrogen-bond acceptors (Lipinski definition) is 5. The molecule has 0 unspecified atom stereocenters. The highest BCUT2D eigenvalue weighted by atomic mass is 28.3. The summed E-state index contributed by atoms with van der Waals surface area (Å²) in [6.07, 6.45) is 8.85. The molecule has 0 saturated heterocycles. The Morgan fingerprint density at radius 3 is 2.58 bits per heavy atom. The van der Waals surface area contributed by atoms with E-state index in [1.807, 2.05) is 41.2 Å². The lowest BCUT2D eigenvalue weighted by Gasteiger charge is -2.17. The Bertz CT molecular complexity index is 1360. The zero-order valence-corrected chi connectivity index (χ0v) is 22.5. The van der Waals surface area contributed by atoms with Crippen LogP contribution < -0.4 is 5.32 Å². The lowest BCUT2D eigenvalue weighted by Crippen LogP contribution is -2.22. The fourth-order valence-electron chi connectivity index (χ4n) is 4.43. The van der Waals surface area contributed by atoms with Gasteiger partial charge in [0.1, 0.15) is 12.2 Å². The van der Waals surface area contributed by atoms with E-state index in [0.29, 0.717) is 6.73 Å². The molecule has 0 aliphatic heterocycles. The number of allylic oxidation sites excluding steroid dienone is 2. The number of nitrogens with zero attached hydrogens (tertiary/aromatic N) is 4. The van der Waals surface area contributed by atoms with Crippen molar-refractivity contribution in [2.24, 2.45) is 0 Å². The highest BCUT2D eigenvalue weighted by Gasteiger charge is 2.18. The van der Waals surface area contributed by atoms with Crippen LogP contribution in [0.2, 0.25) is 25.7 Å². The largest absolute Gasteiger partial charge is 0.360 e. The second kappa shape index (κ2) is 10.8. The second-order valence-electron chi connectivity index (χ2n) is 10.6. The van der Waals surface area contributed by atoms with Crippen LogP contribution in [0, 0.1) is 0 Å². The van der Waals surface area contributed by atoms with Gasteiger partial charge in [-0.05, 0) is 49.4 Å². The zero-order valence-electron chi connectivity index (χ0n) is 21.5. The van der Waals surface area contributed by atoms with E-state index in [1.165, 1.54) is 18.4 Å². The summed E-state index contributed by atoms with van der Waals surface area (Å²) >= 11 is 0. The first-order chi connectivity index (χ1) is 17.5. The van der Waals surface area contributed by atoms with Gasteiger partial charge in [-0.1, -0.05) is 62.1 Å². The van der Waals surface area contributed by atoms with E-state index in [2.05, 4.69) is 60.4 Å². The third-order valence-corrected chi connectivity index (χ3v) is 8.16. The molecule has 0 spiro atoms. The molecule has 4 aromatic rings. The molecule has 1 aliphatic carbocycles. The zero-order chi connectivity index (χ0) is 25.0. The summed E-state index contributed by atoms with van der Waals surface area (Å²) in [6.45, 7) is 8.31. The molecular formula is C29H35N5OSi. The Hall–Kier alpha value is -3.29. The predicted octanol–water partition coefficient (Wildman–Crippen LogP) is 7.51.